The first-order valence-electron chi connectivity index (χ1n) is 6.27. The van der Waals surface area contributed by atoms with Gasteiger partial charge in [-0.15, -0.1) is 0 Å². The summed E-state index contributed by atoms with van der Waals surface area (Å²) >= 11 is 0. The number of fused-ring (bicyclic) bond motifs is 1. The molecular weight excluding hydrogens is 244 g/mol. The van der Waals surface area contributed by atoms with Gasteiger partial charge in [0.15, 0.2) is 0 Å². The molecule has 0 spiro atoms. The number of methoxy groups -OCH3 is 1. The molecule has 0 saturated carbocycles. The third kappa shape index (κ3) is 2.42. The summed E-state index contributed by atoms with van der Waals surface area (Å²) in [6.07, 6.45) is 0.612. The largest absolute Gasteiger partial charge is 0.495 e. The van der Waals surface area contributed by atoms with Gasteiger partial charge in [0.2, 0.25) is 0 Å². The van der Waals surface area contributed by atoms with Crippen LogP contribution >= 0.6 is 0 Å². The van der Waals surface area contributed by atoms with Gasteiger partial charge in [-0.25, -0.2) is 4.79 Å². The minimum absolute atomic E-state index is 0.341. The van der Waals surface area contributed by atoms with E-state index in [1.807, 2.05) is 18.2 Å². The number of carbonyl (C=O) groups is 1. The Labute approximate surface area is 111 Å². The molecule has 1 aromatic carbocycles. The minimum atomic E-state index is -0.357. The fourth-order valence-electron chi connectivity index (χ4n) is 2.20. The topological polar surface area (TPSA) is 77.3 Å². The van der Waals surface area contributed by atoms with Gasteiger partial charge >= 0.3 is 5.97 Å². The van der Waals surface area contributed by atoms with Crippen molar-refractivity contribution in [1.29, 1.82) is 0 Å². The Morgan fingerprint density at radius 3 is 2.84 bits per heavy atom. The molecule has 3 N–H and O–H groups in total. The predicted molar refractivity (Wildman–Crippen MR) is 73.6 cm³/mol. The Balaban J connectivity index is 2.62. The Morgan fingerprint density at radius 1 is 1.42 bits per heavy atom. The molecule has 0 radical (unpaired) electrons. The SMILES string of the molecule is CCOC(=O)c1[nH]c2c(OC)cccc2c1CCN. The normalized spacial score (nSPS) is 10.7. The number of aromatic amines is 1. The van der Waals surface area contributed by atoms with Crippen molar-refractivity contribution in [3.05, 3.63) is 29.5 Å². The molecule has 1 heterocycles. The number of benzene rings is 1. The van der Waals surface area contributed by atoms with Crippen molar-refractivity contribution in [2.24, 2.45) is 5.73 Å². The highest BCUT2D eigenvalue weighted by atomic mass is 16.5. The van der Waals surface area contributed by atoms with E-state index in [4.69, 9.17) is 15.2 Å². The molecule has 0 aliphatic rings. The first-order valence-corrected chi connectivity index (χ1v) is 6.27. The van der Waals surface area contributed by atoms with Gasteiger partial charge in [-0.1, -0.05) is 12.1 Å². The lowest BCUT2D eigenvalue weighted by molar-refractivity contribution is 0.0519. The van der Waals surface area contributed by atoms with E-state index in [1.54, 1.807) is 14.0 Å². The summed E-state index contributed by atoms with van der Waals surface area (Å²) in [4.78, 5) is 15.1. The maximum atomic E-state index is 12.0. The molecule has 0 aliphatic heterocycles. The molecule has 19 heavy (non-hydrogen) atoms. The second-order valence-electron chi connectivity index (χ2n) is 4.12. The van der Waals surface area contributed by atoms with Crippen LogP contribution in [0.3, 0.4) is 0 Å². The monoisotopic (exact) mass is 262 g/mol. The highest BCUT2D eigenvalue weighted by Gasteiger charge is 2.19. The average Bonchev–Trinajstić information content (AvgIpc) is 2.78. The maximum Gasteiger partial charge on any atom is 0.355 e. The number of hydrogen-bond donors (Lipinski definition) is 2. The summed E-state index contributed by atoms with van der Waals surface area (Å²) in [6.45, 7) is 2.59. The zero-order chi connectivity index (χ0) is 13.8. The smallest absolute Gasteiger partial charge is 0.355 e. The van der Waals surface area contributed by atoms with Crippen molar-refractivity contribution in [2.45, 2.75) is 13.3 Å². The number of para-hydroxylation sites is 1. The summed E-state index contributed by atoms with van der Waals surface area (Å²) in [7, 11) is 1.60. The molecule has 5 heteroatoms. The van der Waals surface area contributed by atoms with Crippen LogP contribution in [-0.2, 0) is 11.2 Å². The fourth-order valence-corrected chi connectivity index (χ4v) is 2.20. The van der Waals surface area contributed by atoms with Crippen LogP contribution in [0.15, 0.2) is 18.2 Å². The Hall–Kier alpha value is -2.01. The van der Waals surface area contributed by atoms with E-state index >= 15 is 0 Å². The van der Waals surface area contributed by atoms with E-state index in [2.05, 4.69) is 4.98 Å². The molecule has 1 aromatic heterocycles. The summed E-state index contributed by atoms with van der Waals surface area (Å²) in [5, 5.41) is 0.952. The van der Waals surface area contributed by atoms with Gasteiger partial charge in [0.05, 0.1) is 19.2 Å². The number of nitrogens with two attached hydrogens (primary N) is 1. The molecule has 0 saturated heterocycles. The van der Waals surface area contributed by atoms with Crippen molar-refractivity contribution in [1.82, 2.24) is 4.98 Å². The molecule has 0 aliphatic carbocycles. The second-order valence-corrected chi connectivity index (χ2v) is 4.12. The minimum Gasteiger partial charge on any atom is -0.495 e. The Bertz CT molecular complexity index is 590. The first-order chi connectivity index (χ1) is 9.22. The number of rotatable bonds is 5. The number of H-pyrrole nitrogens is 1. The van der Waals surface area contributed by atoms with Gasteiger partial charge in [0, 0.05) is 5.39 Å². The van der Waals surface area contributed by atoms with Crippen LogP contribution in [0.4, 0.5) is 0 Å². The first kappa shape index (κ1) is 13.4. The van der Waals surface area contributed by atoms with Crippen LogP contribution in [0, 0.1) is 0 Å². The van der Waals surface area contributed by atoms with Crippen LogP contribution in [0.1, 0.15) is 23.0 Å². The number of esters is 1. The van der Waals surface area contributed by atoms with Gasteiger partial charge < -0.3 is 20.2 Å². The van der Waals surface area contributed by atoms with Crippen LogP contribution in [-0.4, -0.2) is 31.2 Å². The third-order valence-electron chi connectivity index (χ3n) is 3.00. The van der Waals surface area contributed by atoms with Crippen molar-refractivity contribution < 1.29 is 14.3 Å². The van der Waals surface area contributed by atoms with Crippen molar-refractivity contribution in [3.63, 3.8) is 0 Å². The summed E-state index contributed by atoms with van der Waals surface area (Å²) in [5.74, 6) is 0.343. The number of aromatic nitrogens is 1. The number of nitrogens with one attached hydrogen (secondary N) is 1. The zero-order valence-corrected chi connectivity index (χ0v) is 11.2. The molecule has 0 amide bonds. The molecule has 0 atom stereocenters. The second kappa shape index (κ2) is 5.75. The standard InChI is InChI=1S/C14H18N2O3/c1-3-19-14(17)13-10(7-8-15)9-5-4-6-11(18-2)12(9)16-13/h4-6,16H,3,7-8,15H2,1-2H3. The van der Waals surface area contributed by atoms with Crippen LogP contribution in [0.2, 0.25) is 0 Å². The molecule has 2 aromatic rings. The number of hydrogen-bond acceptors (Lipinski definition) is 4. The molecule has 102 valence electrons. The lowest BCUT2D eigenvalue weighted by Gasteiger charge is -2.03. The van der Waals surface area contributed by atoms with Crippen molar-refractivity contribution in [2.75, 3.05) is 20.3 Å². The highest BCUT2D eigenvalue weighted by molar-refractivity contribution is 6.00. The highest BCUT2D eigenvalue weighted by Crippen LogP contribution is 2.30. The van der Waals surface area contributed by atoms with Crippen molar-refractivity contribution >= 4 is 16.9 Å². The van der Waals surface area contributed by atoms with Gasteiger partial charge in [-0.05, 0) is 31.5 Å². The molecule has 0 fully saturated rings. The van der Waals surface area contributed by atoms with Crippen LogP contribution < -0.4 is 10.5 Å². The lowest BCUT2D eigenvalue weighted by Crippen LogP contribution is -2.10. The van der Waals surface area contributed by atoms with Crippen LogP contribution in [0.5, 0.6) is 5.75 Å². The zero-order valence-electron chi connectivity index (χ0n) is 11.2. The fraction of sp³-hybridized carbons (Fsp3) is 0.357. The average molecular weight is 262 g/mol. The number of ether oxygens (including phenoxy) is 2. The van der Waals surface area contributed by atoms with Gasteiger partial charge in [-0.3, -0.25) is 0 Å². The van der Waals surface area contributed by atoms with E-state index < -0.39 is 0 Å². The van der Waals surface area contributed by atoms with Crippen LogP contribution in [0.25, 0.3) is 10.9 Å². The van der Waals surface area contributed by atoms with E-state index in [-0.39, 0.29) is 5.97 Å². The summed E-state index contributed by atoms with van der Waals surface area (Å²) in [6, 6.07) is 5.69. The number of carbonyl (C=O) groups excluding carboxylic acids is 1. The molecular formula is C14H18N2O3. The maximum absolute atomic E-state index is 12.0. The van der Waals surface area contributed by atoms with E-state index in [1.165, 1.54) is 0 Å². The van der Waals surface area contributed by atoms with E-state index in [0.29, 0.717) is 31.0 Å². The molecule has 2 rings (SSSR count). The van der Waals surface area contributed by atoms with E-state index in [0.717, 1.165) is 16.5 Å². The predicted octanol–water partition coefficient (Wildman–Crippen LogP) is 1.85. The molecule has 5 nitrogen and oxygen atoms in total. The summed E-state index contributed by atoms with van der Waals surface area (Å²) in [5.41, 5.74) is 7.78. The quantitative estimate of drug-likeness (QED) is 0.806. The summed E-state index contributed by atoms with van der Waals surface area (Å²) < 4.78 is 10.4. The van der Waals surface area contributed by atoms with Gasteiger partial charge in [0.25, 0.3) is 0 Å². The Kier molecular flexibility index (Phi) is 4.06. The van der Waals surface area contributed by atoms with E-state index in [9.17, 15) is 4.79 Å². The Morgan fingerprint density at radius 2 is 2.21 bits per heavy atom. The molecule has 0 bridgehead atoms. The lowest BCUT2D eigenvalue weighted by atomic mass is 10.1. The molecule has 0 unspecified atom stereocenters. The van der Waals surface area contributed by atoms with Gasteiger partial charge in [0.1, 0.15) is 11.4 Å². The van der Waals surface area contributed by atoms with Gasteiger partial charge in [-0.2, -0.15) is 0 Å². The van der Waals surface area contributed by atoms with Crippen molar-refractivity contribution in [3.8, 4) is 5.75 Å². The third-order valence-corrected chi connectivity index (χ3v) is 3.00.